The lowest BCUT2D eigenvalue weighted by atomic mass is 10.1. The summed E-state index contributed by atoms with van der Waals surface area (Å²) in [7, 11) is -2.25. The van der Waals surface area contributed by atoms with E-state index in [4.69, 9.17) is 9.47 Å². The van der Waals surface area contributed by atoms with Gasteiger partial charge in [0.2, 0.25) is 15.9 Å². The second-order valence-electron chi connectivity index (χ2n) is 7.35. The molecule has 0 bridgehead atoms. The smallest absolute Gasteiger partial charge is 0.243 e. The second-order valence-corrected chi connectivity index (χ2v) is 9.20. The first-order chi connectivity index (χ1) is 14.7. The number of hydrogen-bond acceptors (Lipinski definition) is 5. The van der Waals surface area contributed by atoms with Crippen molar-refractivity contribution in [2.45, 2.75) is 39.7 Å². The number of nitrogens with one attached hydrogen (secondary N) is 1. The van der Waals surface area contributed by atoms with Crippen LogP contribution in [0.15, 0.2) is 42.5 Å². The fourth-order valence-electron chi connectivity index (χ4n) is 3.40. The standard InChI is InChI=1S/C23H32N2O5S/c1-6-30-21-12-8-7-10-19(21)11-9-15-24-23(26)18(3)25(31(5,27)28)20-16-17(2)13-14-22(20)29-4/h7-8,10,12-14,16,18H,6,9,11,15H2,1-5H3,(H,24,26)/t18-/m0/s1. The summed E-state index contributed by atoms with van der Waals surface area (Å²) in [4.78, 5) is 12.8. The number of amides is 1. The second kappa shape index (κ2) is 11.0. The molecule has 0 unspecified atom stereocenters. The summed E-state index contributed by atoms with van der Waals surface area (Å²) in [5.74, 6) is 0.870. The summed E-state index contributed by atoms with van der Waals surface area (Å²) in [5, 5.41) is 2.85. The van der Waals surface area contributed by atoms with Crippen molar-refractivity contribution in [3.63, 3.8) is 0 Å². The maximum atomic E-state index is 12.8. The minimum Gasteiger partial charge on any atom is -0.495 e. The van der Waals surface area contributed by atoms with Crippen LogP contribution in [0.4, 0.5) is 5.69 Å². The Morgan fingerprint density at radius 1 is 1.16 bits per heavy atom. The van der Waals surface area contributed by atoms with E-state index < -0.39 is 16.1 Å². The zero-order valence-electron chi connectivity index (χ0n) is 18.8. The number of ether oxygens (including phenoxy) is 2. The molecule has 7 nitrogen and oxygen atoms in total. The molecular formula is C23H32N2O5S. The molecular weight excluding hydrogens is 416 g/mol. The molecule has 0 radical (unpaired) electrons. The van der Waals surface area contributed by atoms with Crippen LogP contribution in [-0.2, 0) is 21.2 Å². The summed E-state index contributed by atoms with van der Waals surface area (Å²) < 4.78 is 37.2. The number of carbonyl (C=O) groups excluding carboxylic acids is 1. The van der Waals surface area contributed by atoms with Gasteiger partial charge in [0, 0.05) is 6.54 Å². The molecule has 0 fully saturated rings. The predicted molar refractivity (Wildman–Crippen MR) is 123 cm³/mol. The quantitative estimate of drug-likeness (QED) is 0.533. The number of anilines is 1. The number of nitrogens with zero attached hydrogens (tertiary/aromatic N) is 1. The highest BCUT2D eigenvalue weighted by atomic mass is 32.2. The largest absolute Gasteiger partial charge is 0.495 e. The first-order valence-electron chi connectivity index (χ1n) is 10.3. The van der Waals surface area contributed by atoms with E-state index in [1.165, 1.54) is 7.11 Å². The van der Waals surface area contributed by atoms with Gasteiger partial charge in [-0.05, 0) is 62.9 Å². The fourth-order valence-corrected chi connectivity index (χ4v) is 4.57. The van der Waals surface area contributed by atoms with Gasteiger partial charge in [0.05, 0.1) is 25.7 Å². The minimum atomic E-state index is -3.72. The van der Waals surface area contributed by atoms with E-state index in [9.17, 15) is 13.2 Å². The summed E-state index contributed by atoms with van der Waals surface area (Å²) in [6.45, 7) is 6.38. The number of hydrogen-bond donors (Lipinski definition) is 1. The van der Waals surface area contributed by atoms with E-state index in [0.717, 1.165) is 33.9 Å². The highest BCUT2D eigenvalue weighted by Crippen LogP contribution is 2.32. The number of para-hydroxylation sites is 1. The topological polar surface area (TPSA) is 84.9 Å². The van der Waals surface area contributed by atoms with Crippen molar-refractivity contribution in [2.24, 2.45) is 0 Å². The van der Waals surface area contributed by atoms with Crippen LogP contribution in [0, 0.1) is 6.92 Å². The van der Waals surface area contributed by atoms with Gasteiger partial charge in [-0.25, -0.2) is 8.42 Å². The Labute approximate surface area is 185 Å². The number of methoxy groups -OCH3 is 1. The molecule has 0 spiro atoms. The van der Waals surface area contributed by atoms with Crippen LogP contribution in [0.25, 0.3) is 0 Å². The van der Waals surface area contributed by atoms with E-state index in [0.29, 0.717) is 31.0 Å². The third-order valence-corrected chi connectivity index (χ3v) is 6.08. The van der Waals surface area contributed by atoms with Crippen LogP contribution >= 0.6 is 0 Å². The van der Waals surface area contributed by atoms with Crippen LogP contribution < -0.4 is 19.1 Å². The van der Waals surface area contributed by atoms with Crippen LogP contribution in [0.2, 0.25) is 0 Å². The van der Waals surface area contributed by atoms with Gasteiger partial charge in [-0.3, -0.25) is 9.10 Å². The van der Waals surface area contributed by atoms with Gasteiger partial charge in [-0.15, -0.1) is 0 Å². The summed E-state index contributed by atoms with van der Waals surface area (Å²) in [5.41, 5.74) is 2.29. The van der Waals surface area contributed by atoms with Gasteiger partial charge in [0.25, 0.3) is 0 Å². The highest BCUT2D eigenvalue weighted by Gasteiger charge is 2.31. The van der Waals surface area contributed by atoms with Crippen molar-refractivity contribution in [3.05, 3.63) is 53.6 Å². The Morgan fingerprint density at radius 3 is 2.52 bits per heavy atom. The van der Waals surface area contributed by atoms with Crippen molar-refractivity contribution in [3.8, 4) is 11.5 Å². The van der Waals surface area contributed by atoms with Crippen molar-refractivity contribution in [2.75, 3.05) is 30.8 Å². The van der Waals surface area contributed by atoms with Crippen LogP contribution in [0.5, 0.6) is 11.5 Å². The molecule has 8 heteroatoms. The van der Waals surface area contributed by atoms with Crippen LogP contribution in [-0.4, -0.2) is 46.9 Å². The van der Waals surface area contributed by atoms with Gasteiger partial charge >= 0.3 is 0 Å². The van der Waals surface area contributed by atoms with Gasteiger partial charge in [0.1, 0.15) is 17.5 Å². The average Bonchev–Trinajstić information content (AvgIpc) is 2.71. The molecule has 2 rings (SSSR count). The molecule has 31 heavy (non-hydrogen) atoms. The number of rotatable bonds is 11. The highest BCUT2D eigenvalue weighted by molar-refractivity contribution is 7.92. The Bertz CT molecular complexity index is 991. The molecule has 0 aliphatic rings. The third-order valence-electron chi connectivity index (χ3n) is 4.85. The zero-order chi connectivity index (χ0) is 23.0. The summed E-state index contributed by atoms with van der Waals surface area (Å²) in [6, 6.07) is 12.1. The Hall–Kier alpha value is -2.74. The van der Waals surface area contributed by atoms with Crippen LogP contribution in [0.1, 0.15) is 31.4 Å². The fraction of sp³-hybridized carbons (Fsp3) is 0.435. The lowest BCUT2D eigenvalue weighted by Crippen LogP contribution is -2.48. The minimum absolute atomic E-state index is 0.346. The average molecular weight is 449 g/mol. The Kier molecular flexibility index (Phi) is 8.74. The number of aryl methyl sites for hydroxylation is 2. The molecule has 1 atom stereocenters. The summed E-state index contributed by atoms with van der Waals surface area (Å²) in [6.07, 6.45) is 2.53. The third kappa shape index (κ3) is 6.62. The first kappa shape index (κ1) is 24.5. The Balaban J connectivity index is 2.07. The molecule has 0 saturated carbocycles. The van der Waals surface area contributed by atoms with Gasteiger partial charge in [-0.1, -0.05) is 24.3 Å². The van der Waals surface area contributed by atoms with E-state index in [1.54, 1.807) is 19.1 Å². The molecule has 0 aliphatic heterocycles. The summed E-state index contributed by atoms with van der Waals surface area (Å²) >= 11 is 0. The van der Waals surface area contributed by atoms with Crippen molar-refractivity contribution in [1.82, 2.24) is 5.32 Å². The van der Waals surface area contributed by atoms with Crippen molar-refractivity contribution < 1.29 is 22.7 Å². The molecule has 2 aromatic rings. The number of sulfonamides is 1. The molecule has 0 heterocycles. The van der Waals surface area contributed by atoms with Crippen LogP contribution in [0.3, 0.4) is 0 Å². The predicted octanol–water partition coefficient (Wildman–Crippen LogP) is 3.31. The molecule has 0 saturated heterocycles. The van der Waals surface area contributed by atoms with E-state index in [2.05, 4.69) is 5.32 Å². The monoisotopic (exact) mass is 448 g/mol. The van der Waals surface area contributed by atoms with E-state index in [1.807, 2.05) is 44.2 Å². The van der Waals surface area contributed by atoms with Gasteiger partial charge < -0.3 is 14.8 Å². The number of benzene rings is 2. The maximum absolute atomic E-state index is 12.8. The molecule has 0 aromatic heterocycles. The SMILES string of the molecule is CCOc1ccccc1CCCNC(=O)[C@H](C)N(c1cc(C)ccc1OC)S(C)(=O)=O. The molecule has 170 valence electrons. The van der Waals surface area contributed by atoms with Crippen molar-refractivity contribution in [1.29, 1.82) is 0 Å². The zero-order valence-corrected chi connectivity index (χ0v) is 19.7. The van der Waals surface area contributed by atoms with E-state index in [-0.39, 0.29) is 5.91 Å². The molecule has 1 amide bonds. The first-order valence-corrected chi connectivity index (χ1v) is 12.2. The molecule has 1 N–H and O–H groups in total. The maximum Gasteiger partial charge on any atom is 0.243 e. The Morgan fingerprint density at radius 2 is 1.87 bits per heavy atom. The van der Waals surface area contributed by atoms with Crippen molar-refractivity contribution >= 4 is 21.6 Å². The van der Waals surface area contributed by atoms with E-state index >= 15 is 0 Å². The number of carbonyl (C=O) groups is 1. The normalized spacial score (nSPS) is 12.2. The molecule has 0 aliphatic carbocycles. The molecule has 2 aromatic carbocycles. The van der Waals surface area contributed by atoms with Gasteiger partial charge in [-0.2, -0.15) is 0 Å². The lowest BCUT2D eigenvalue weighted by molar-refractivity contribution is -0.121. The lowest BCUT2D eigenvalue weighted by Gasteiger charge is -2.29. The van der Waals surface area contributed by atoms with Gasteiger partial charge in [0.15, 0.2) is 0 Å².